The molecular weight excluding hydrogens is 425 g/mol. The van der Waals surface area contributed by atoms with Gasteiger partial charge in [0, 0.05) is 32.7 Å². The average Bonchev–Trinajstić information content (AvgIpc) is 2.83. The van der Waals surface area contributed by atoms with E-state index in [1.54, 1.807) is 0 Å². The number of benzene rings is 3. The minimum atomic E-state index is -0.657. The summed E-state index contributed by atoms with van der Waals surface area (Å²) in [4.78, 5) is 4.73. The molecule has 1 aliphatic heterocycles. The van der Waals surface area contributed by atoms with E-state index in [-0.39, 0.29) is 0 Å². The second-order valence-electron chi connectivity index (χ2n) is 7.90. The molecule has 0 aromatic heterocycles. The molecule has 1 aliphatic rings. The summed E-state index contributed by atoms with van der Waals surface area (Å²) in [5.41, 5.74) is 2.44. The first-order valence-corrected chi connectivity index (χ1v) is 11.3. The fourth-order valence-corrected chi connectivity index (χ4v) is 4.78. The molecule has 3 aromatic rings. The molecule has 1 heterocycles. The highest BCUT2D eigenvalue weighted by Gasteiger charge is 2.35. The lowest BCUT2D eigenvalue weighted by molar-refractivity contribution is 0.244. The van der Waals surface area contributed by atoms with E-state index >= 15 is 0 Å². The van der Waals surface area contributed by atoms with Gasteiger partial charge in [-0.1, -0.05) is 89.9 Å². The third-order valence-corrected chi connectivity index (χ3v) is 6.98. The van der Waals surface area contributed by atoms with Crippen LogP contribution in [0.15, 0.2) is 78.9 Å². The van der Waals surface area contributed by atoms with Gasteiger partial charge < -0.3 is 4.90 Å². The van der Waals surface area contributed by atoms with Crippen LogP contribution >= 0.6 is 23.2 Å². The maximum atomic E-state index is 10.4. The van der Waals surface area contributed by atoms with Crippen LogP contribution in [0.3, 0.4) is 0 Å². The van der Waals surface area contributed by atoms with Crippen molar-refractivity contribution < 1.29 is 0 Å². The van der Waals surface area contributed by atoms with Gasteiger partial charge in [0.25, 0.3) is 0 Å². The van der Waals surface area contributed by atoms with Gasteiger partial charge in [-0.3, -0.25) is 4.90 Å². The fourth-order valence-electron chi connectivity index (χ4n) is 4.36. The lowest BCUT2D eigenvalue weighted by Crippen LogP contribution is -2.47. The molecule has 0 bridgehead atoms. The molecule has 158 valence electrons. The van der Waals surface area contributed by atoms with Crippen molar-refractivity contribution in [2.75, 3.05) is 37.6 Å². The molecule has 5 heteroatoms. The van der Waals surface area contributed by atoms with E-state index in [0.29, 0.717) is 10.0 Å². The topological polar surface area (TPSA) is 30.3 Å². The zero-order chi connectivity index (χ0) is 21.7. The van der Waals surface area contributed by atoms with Crippen molar-refractivity contribution in [2.24, 2.45) is 0 Å². The van der Waals surface area contributed by atoms with Crippen molar-refractivity contribution in [2.45, 2.75) is 11.8 Å². The first-order valence-electron chi connectivity index (χ1n) is 10.6. The monoisotopic (exact) mass is 449 g/mol. The van der Waals surface area contributed by atoms with Crippen LogP contribution < -0.4 is 4.90 Å². The Morgan fingerprint density at radius 2 is 1.35 bits per heavy atom. The summed E-state index contributed by atoms with van der Waals surface area (Å²) in [6.07, 6.45) is 0.745. The standard InChI is InChI=1S/C26H25Cl2N3/c27-23-12-7-13-24(25(23)28)31-18-16-30(17-19-31)15-14-26(20-29,21-8-3-1-4-9-21)22-10-5-2-6-11-22/h1-13H,14-19H2. The Labute approximate surface area is 194 Å². The van der Waals surface area contributed by atoms with Gasteiger partial charge in [0.1, 0.15) is 5.41 Å². The van der Waals surface area contributed by atoms with Crippen LogP contribution in [-0.2, 0) is 5.41 Å². The van der Waals surface area contributed by atoms with Gasteiger partial charge in [0.2, 0.25) is 0 Å². The number of halogens is 2. The van der Waals surface area contributed by atoms with Crippen molar-refractivity contribution in [1.29, 1.82) is 5.26 Å². The summed E-state index contributed by atoms with van der Waals surface area (Å²) < 4.78 is 0. The van der Waals surface area contributed by atoms with Crippen LogP contribution in [-0.4, -0.2) is 37.6 Å². The highest BCUT2D eigenvalue weighted by Crippen LogP contribution is 2.36. The van der Waals surface area contributed by atoms with Crippen LogP contribution in [0.1, 0.15) is 17.5 Å². The molecule has 0 unspecified atom stereocenters. The Morgan fingerprint density at radius 3 is 1.90 bits per heavy atom. The minimum Gasteiger partial charge on any atom is -0.368 e. The van der Waals surface area contributed by atoms with Gasteiger partial charge >= 0.3 is 0 Å². The summed E-state index contributed by atoms with van der Waals surface area (Å²) >= 11 is 12.6. The molecule has 3 aromatic carbocycles. The van der Waals surface area contributed by atoms with Crippen LogP contribution in [0.5, 0.6) is 0 Å². The van der Waals surface area contributed by atoms with Crippen LogP contribution in [0.2, 0.25) is 10.0 Å². The van der Waals surface area contributed by atoms with Crippen LogP contribution in [0, 0.1) is 11.3 Å². The zero-order valence-corrected chi connectivity index (χ0v) is 18.9. The first kappa shape index (κ1) is 21.7. The first-order chi connectivity index (χ1) is 15.1. The molecule has 0 atom stereocenters. The van der Waals surface area contributed by atoms with Crippen molar-refractivity contribution in [1.82, 2.24) is 4.90 Å². The van der Waals surface area contributed by atoms with E-state index in [1.165, 1.54) is 0 Å². The van der Waals surface area contributed by atoms with E-state index in [4.69, 9.17) is 23.2 Å². The van der Waals surface area contributed by atoms with Crippen molar-refractivity contribution in [3.8, 4) is 6.07 Å². The number of anilines is 1. The predicted molar refractivity (Wildman–Crippen MR) is 129 cm³/mol. The molecular formula is C26H25Cl2N3. The second-order valence-corrected chi connectivity index (χ2v) is 8.69. The van der Waals surface area contributed by atoms with E-state index < -0.39 is 5.41 Å². The van der Waals surface area contributed by atoms with E-state index in [9.17, 15) is 5.26 Å². The molecule has 3 nitrogen and oxygen atoms in total. The Hall–Kier alpha value is -2.51. The summed E-state index contributed by atoms with van der Waals surface area (Å²) in [5.74, 6) is 0. The number of rotatable bonds is 6. The molecule has 0 radical (unpaired) electrons. The Kier molecular flexibility index (Phi) is 6.83. The fraction of sp³-hybridized carbons (Fsp3) is 0.269. The van der Waals surface area contributed by atoms with Crippen molar-refractivity contribution >= 4 is 28.9 Å². The third-order valence-electron chi connectivity index (χ3n) is 6.17. The zero-order valence-electron chi connectivity index (χ0n) is 17.3. The van der Waals surface area contributed by atoms with Gasteiger partial charge in [-0.2, -0.15) is 5.26 Å². The second kappa shape index (κ2) is 9.75. The summed E-state index contributed by atoms with van der Waals surface area (Å²) in [7, 11) is 0. The summed E-state index contributed by atoms with van der Waals surface area (Å²) in [6.45, 7) is 4.48. The van der Waals surface area contributed by atoms with Gasteiger partial charge in [-0.25, -0.2) is 0 Å². The Morgan fingerprint density at radius 1 is 0.774 bits per heavy atom. The predicted octanol–water partition coefficient (Wildman–Crippen LogP) is 6.02. The highest BCUT2D eigenvalue weighted by atomic mass is 35.5. The van der Waals surface area contributed by atoms with Crippen molar-refractivity contribution in [3.63, 3.8) is 0 Å². The average molecular weight is 450 g/mol. The highest BCUT2D eigenvalue weighted by molar-refractivity contribution is 6.43. The molecule has 31 heavy (non-hydrogen) atoms. The maximum absolute atomic E-state index is 10.4. The molecule has 1 fully saturated rings. The molecule has 0 N–H and O–H groups in total. The quantitative estimate of drug-likeness (QED) is 0.461. The summed E-state index contributed by atoms with van der Waals surface area (Å²) in [6, 6.07) is 28.7. The SMILES string of the molecule is N#CC(CCN1CCN(c2cccc(Cl)c2Cl)CC1)(c1ccccc1)c1ccccc1. The normalized spacial score (nSPS) is 14.9. The summed E-state index contributed by atoms with van der Waals surface area (Å²) in [5, 5.41) is 11.6. The van der Waals surface area contributed by atoms with Crippen LogP contribution in [0.4, 0.5) is 5.69 Å². The number of nitriles is 1. The van der Waals surface area contributed by atoms with Gasteiger partial charge in [-0.05, 0) is 29.7 Å². The van der Waals surface area contributed by atoms with E-state index in [0.717, 1.165) is 56.0 Å². The van der Waals surface area contributed by atoms with Gasteiger partial charge in [0.05, 0.1) is 21.8 Å². The largest absolute Gasteiger partial charge is 0.368 e. The van der Waals surface area contributed by atoms with E-state index in [1.807, 2.05) is 54.6 Å². The third kappa shape index (κ3) is 4.57. The lowest BCUT2D eigenvalue weighted by Gasteiger charge is -2.38. The van der Waals surface area contributed by atoms with Crippen LogP contribution in [0.25, 0.3) is 0 Å². The number of nitrogens with zero attached hydrogens (tertiary/aromatic N) is 3. The molecule has 1 saturated heterocycles. The number of hydrogen-bond donors (Lipinski definition) is 0. The lowest BCUT2D eigenvalue weighted by atomic mass is 9.73. The smallest absolute Gasteiger partial charge is 0.108 e. The number of piperazine rings is 1. The van der Waals surface area contributed by atoms with Gasteiger partial charge in [-0.15, -0.1) is 0 Å². The molecule has 4 rings (SSSR count). The molecule has 0 spiro atoms. The Bertz CT molecular complexity index is 1000. The molecule has 0 aliphatic carbocycles. The van der Waals surface area contributed by atoms with Gasteiger partial charge in [0.15, 0.2) is 0 Å². The Balaban J connectivity index is 1.48. The van der Waals surface area contributed by atoms with E-state index in [2.05, 4.69) is 40.1 Å². The molecule has 0 amide bonds. The van der Waals surface area contributed by atoms with Crippen molar-refractivity contribution in [3.05, 3.63) is 100 Å². The maximum Gasteiger partial charge on any atom is 0.108 e. The number of hydrogen-bond acceptors (Lipinski definition) is 3. The molecule has 0 saturated carbocycles. The minimum absolute atomic E-state index is 0.589.